The topological polar surface area (TPSA) is 129 Å². The van der Waals surface area contributed by atoms with Gasteiger partial charge in [0.2, 0.25) is 11.8 Å². The number of aliphatic carboxylic acids is 1. The number of carbonyl (C=O) groups excluding carboxylic acids is 2. The van der Waals surface area contributed by atoms with Crippen molar-refractivity contribution in [2.45, 2.75) is 93.5 Å². The first kappa shape index (κ1) is 29.8. The highest BCUT2D eigenvalue weighted by Crippen LogP contribution is 2.35. The van der Waals surface area contributed by atoms with Gasteiger partial charge >= 0.3 is 5.97 Å². The van der Waals surface area contributed by atoms with Gasteiger partial charge in [-0.2, -0.15) is 0 Å². The standard InChI is InChI=1S/C26H46N4O4/c1-17(12-25(3,4)5)9-10-20(18(2)13-26(6,7)8)23(32)30(22(31)14-27)21(24(33)34)11-19-15-28-16-29-19/h15-18,20-21H,9-14,27H2,1-8H3,(H,28,29)(H,33,34)/t17?,18?,20?,21-/m0/s1. The summed E-state index contributed by atoms with van der Waals surface area (Å²) in [5.41, 5.74) is 6.33. The monoisotopic (exact) mass is 478 g/mol. The first-order valence-electron chi connectivity index (χ1n) is 12.3. The molecular weight excluding hydrogens is 432 g/mol. The van der Waals surface area contributed by atoms with Crippen LogP contribution in [-0.4, -0.2) is 50.3 Å². The molecule has 8 nitrogen and oxygen atoms in total. The van der Waals surface area contributed by atoms with Crippen LogP contribution in [0.2, 0.25) is 0 Å². The number of aromatic amines is 1. The Labute approximate surface area is 205 Å². The summed E-state index contributed by atoms with van der Waals surface area (Å²) >= 11 is 0. The molecule has 194 valence electrons. The summed E-state index contributed by atoms with van der Waals surface area (Å²) < 4.78 is 0. The average molecular weight is 479 g/mol. The van der Waals surface area contributed by atoms with Crippen LogP contribution in [0.15, 0.2) is 12.5 Å². The van der Waals surface area contributed by atoms with Crippen LogP contribution in [0.5, 0.6) is 0 Å². The molecule has 0 aliphatic carbocycles. The molecule has 0 saturated carbocycles. The first-order valence-corrected chi connectivity index (χ1v) is 12.3. The fourth-order valence-electron chi connectivity index (χ4n) is 4.99. The van der Waals surface area contributed by atoms with Crippen LogP contribution in [0.4, 0.5) is 0 Å². The fourth-order valence-corrected chi connectivity index (χ4v) is 4.99. The van der Waals surface area contributed by atoms with Gasteiger partial charge in [0.25, 0.3) is 0 Å². The van der Waals surface area contributed by atoms with Crippen molar-refractivity contribution in [2.24, 2.45) is 34.3 Å². The quantitative estimate of drug-likeness (QED) is 0.411. The van der Waals surface area contributed by atoms with E-state index in [0.29, 0.717) is 18.0 Å². The minimum Gasteiger partial charge on any atom is -0.480 e. The lowest BCUT2D eigenvalue weighted by Crippen LogP contribution is -2.54. The zero-order valence-electron chi connectivity index (χ0n) is 22.4. The van der Waals surface area contributed by atoms with Crippen molar-refractivity contribution in [3.63, 3.8) is 0 Å². The largest absolute Gasteiger partial charge is 0.480 e. The van der Waals surface area contributed by atoms with Crippen LogP contribution in [0, 0.1) is 28.6 Å². The summed E-state index contributed by atoms with van der Waals surface area (Å²) in [5.74, 6) is -2.46. The average Bonchev–Trinajstić information content (AvgIpc) is 3.17. The van der Waals surface area contributed by atoms with E-state index in [1.807, 2.05) is 6.92 Å². The van der Waals surface area contributed by atoms with E-state index >= 15 is 0 Å². The zero-order valence-corrected chi connectivity index (χ0v) is 22.4. The summed E-state index contributed by atoms with van der Waals surface area (Å²) in [6.45, 7) is 16.7. The molecule has 1 rings (SSSR count). The summed E-state index contributed by atoms with van der Waals surface area (Å²) in [7, 11) is 0. The van der Waals surface area contributed by atoms with Crippen molar-refractivity contribution < 1.29 is 19.5 Å². The highest BCUT2D eigenvalue weighted by molar-refractivity contribution is 6.01. The second-order valence-electron chi connectivity index (χ2n) is 12.2. The van der Waals surface area contributed by atoms with E-state index in [1.165, 1.54) is 12.5 Å². The maximum Gasteiger partial charge on any atom is 0.327 e. The number of H-pyrrole nitrogens is 1. The van der Waals surface area contributed by atoms with Crippen molar-refractivity contribution in [1.29, 1.82) is 0 Å². The van der Waals surface area contributed by atoms with Gasteiger partial charge in [0.1, 0.15) is 6.04 Å². The first-order chi connectivity index (χ1) is 15.6. The second kappa shape index (κ2) is 12.5. The lowest BCUT2D eigenvalue weighted by atomic mass is 9.75. The number of imide groups is 1. The van der Waals surface area contributed by atoms with Crippen LogP contribution in [0.1, 0.15) is 86.8 Å². The summed E-state index contributed by atoms with van der Waals surface area (Å²) in [4.78, 5) is 46.7. The molecule has 1 aromatic heterocycles. The van der Waals surface area contributed by atoms with Gasteiger partial charge in [0.15, 0.2) is 0 Å². The minimum atomic E-state index is -1.35. The number of amides is 2. The molecule has 4 N–H and O–H groups in total. The molecule has 34 heavy (non-hydrogen) atoms. The highest BCUT2D eigenvalue weighted by atomic mass is 16.4. The molecule has 0 aromatic carbocycles. The van der Waals surface area contributed by atoms with E-state index in [2.05, 4.69) is 58.4 Å². The lowest BCUT2D eigenvalue weighted by Gasteiger charge is -2.35. The number of hydrogen-bond acceptors (Lipinski definition) is 5. The Morgan fingerprint density at radius 3 is 2.09 bits per heavy atom. The molecule has 3 unspecified atom stereocenters. The van der Waals surface area contributed by atoms with Gasteiger partial charge in [-0.25, -0.2) is 9.78 Å². The SMILES string of the molecule is CC(CCC(C(=O)N(C(=O)CN)[C@@H](Cc1cnc[nH]1)C(=O)O)C(C)CC(C)(C)C)CC(C)(C)C. The maximum absolute atomic E-state index is 13.9. The molecular formula is C26H46N4O4. The smallest absolute Gasteiger partial charge is 0.327 e. The lowest BCUT2D eigenvalue weighted by molar-refractivity contribution is -0.160. The van der Waals surface area contributed by atoms with Crippen LogP contribution in [0.25, 0.3) is 0 Å². The predicted molar refractivity (Wildman–Crippen MR) is 134 cm³/mol. The molecule has 0 aliphatic heterocycles. The summed E-state index contributed by atoms with van der Waals surface area (Å²) in [6, 6.07) is -1.35. The molecule has 0 aliphatic rings. The number of aromatic nitrogens is 2. The van der Waals surface area contributed by atoms with Crippen molar-refractivity contribution >= 4 is 17.8 Å². The molecule has 1 heterocycles. The third-order valence-corrected chi connectivity index (χ3v) is 6.12. The molecule has 1 aromatic rings. The second-order valence-corrected chi connectivity index (χ2v) is 12.2. The van der Waals surface area contributed by atoms with Gasteiger partial charge in [-0.1, -0.05) is 55.4 Å². The zero-order chi connectivity index (χ0) is 26.3. The number of carboxylic acids is 1. The van der Waals surface area contributed by atoms with Crippen molar-refractivity contribution in [2.75, 3.05) is 6.54 Å². The number of nitrogens with zero attached hydrogens (tertiary/aromatic N) is 2. The van der Waals surface area contributed by atoms with E-state index in [4.69, 9.17) is 5.73 Å². The molecule has 8 heteroatoms. The van der Waals surface area contributed by atoms with Crippen molar-refractivity contribution in [3.05, 3.63) is 18.2 Å². The van der Waals surface area contributed by atoms with E-state index in [-0.39, 0.29) is 23.2 Å². The Bertz CT molecular complexity index is 793. The van der Waals surface area contributed by atoms with Crippen LogP contribution < -0.4 is 5.73 Å². The van der Waals surface area contributed by atoms with Crippen molar-refractivity contribution in [1.82, 2.24) is 14.9 Å². The van der Waals surface area contributed by atoms with Gasteiger partial charge in [-0.3, -0.25) is 14.5 Å². The number of carboxylic acid groups (broad SMARTS) is 1. The molecule has 4 atom stereocenters. The number of nitrogens with one attached hydrogen (secondary N) is 1. The van der Waals surface area contributed by atoms with Gasteiger partial charge in [-0.05, 0) is 48.3 Å². The van der Waals surface area contributed by atoms with Crippen LogP contribution >= 0.6 is 0 Å². The Hall–Kier alpha value is -2.22. The molecule has 0 spiro atoms. The number of imidazole rings is 1. The Balaban J connectivity index is 3.29. The van der Waals surface area contributed by atoms with Gasteiger partial charge in [-0.15, -0.1) is 0 Å². The van der Waals surface area contributed by atoms with E-state index < -0.39 is 36.3 Å². The minimum absolute atomic E-state index is 0.0141. The predicted octanol–water partition coefficient (Wildman–Crippen LogP) is 4.26. The number of rotatable bonds is 12. The normalized spacial score (nSPS) is 15.9. The molecule has 0 fully saturated rings. The Kier molecular flexibility index (Phi) is 10.9. The Morgan fingerprint density at radius 2 is 1.65 bits per heavy atom. The third kappa shape index (κ3) is 9.95. The number of carbonyl (C=O) groups is 3. The van der Waals surface area contributed by atoms with E-state index in [0.717, 1.165) is 24.2 Å². The van der Waals surface area contributed by atoms with E-state index in [1.54, 1.807) is 0 Å². The van der Waals surface area contributed by atoms with Gasteiger partial charge in [0, 0.05) is 24.2 Å². The van der Waals surface area contributed by atoms with Crippen LogP contribution in [-0.2, 0) is 20.8 Å². The molecule has 0 saturated heterocycles. The molecule has 2 amide bonds. The third-order valence-electron chi connectivity index (χ3n) is 6.12. The van der Waals surface area contributed by atoms with Gasteiger partial charge < -0.3 is 15.8 Å². The highest BCUT2D eigenvalue weighted by Gasteiger charge is 2.40. The maximum atomic E-state index is 13.9. The van der Waals surface area contributed by atoms with Crippen LogP contribution in [0.3, 0.4) is 0 Å². The Morgan fingerprint density at radius 1 is 1.06 bits per heavy atom. The van der Waals surface area contributed by atoms with E-state index in [9.17, 15) is 19.5 Å². The number of hydrogen-bond donors (Lipinski definition) is 3. The molecule has 0 bridgehead atoms. The fraction of sp³-hybridized carbons (Fsp3) is 0.769. The van der Waals surface area contributed by atoms with Crippen molar-refractivity contribution in [3.8, 4) is 0 Å². The molecule has 0 radical (unpaired) electrons. The van der Waals surface area contributed by atoms with Gasteiger partial charge in [0.05, 0.1) is 12.9 Å². The number of nitrogens with two attached hydrogens (primary N) is 1. The summed E-state index contributed by atoms with van der Waals surface area (Å²) in [5, 5.41) is 9.97. The summed E-state index contributed by atoms with van der Waals surface area (Å²) in [6.07, 6.45) is 6.11.